The van der Waals surface area contributed by atoms with Gasteiger partial charge < -0.3 is 10.1 Å². The fraction of sp³-hybridized carbons (Fsp3) is 0.643. The predicted molar refractivity (Wildman–Crippen MR) is 71.9 cm³/mol. The second kappa shape index (κ2) is 7.19. The van der Waals surface area contributed by atoms with E-state index in [0.29, 0.717) is 18.0 Å². The van der Waals surface area contributed by atoms with Crippen LogP contribution in [0.2, 0.25) is 0 Å². The van der Waals surface area contributed by atoms with Crippen molar-refractivity contribution in [1.82, 2.24) is 15.3 Å². The summed E-state index contributed by atoms with van der Waals surface area (Å²) in [5.41, 5.74) is 1.44. The fourth-order valence-electron chi connectivity index (χ4n) is 2.28. The highest BCUT2D eigenvalue weighted by Gasteiger charge is 2.16. The molecule has 1 saturated heterocycles. The van der Waals surface area contributed by atoms with Gasteiger partial charge >= 0.3 is 0 Å². The Morgan fingerprint density at radius 1 is 1.58 bits per heavy atom. The summed E-state index contributed by atoms with van der Waals surface area (Å²) >= 11 is 0. The van der Waals surface area contributed by atoms with Crippen LogP contribution in [0.1, 0.15) is 42.2 Å². The van der Waals surface area contributed by atoms with Gasteiger partial charge in [-0.1, -0.05) is 13.3 Å². The maximum atomic E-state index is 12.1. The van der Waals surface area contributed by atoms with Crippen LogP contribution in [-0.4, -0.2) is 35.6 Å². The first-order valence-electron chi connectivity index (χ1n) is 6.96. The van der Waals surface area contributed by atoms with Crippen LogP contribution in [0.15, 0.2) is 12.5 Å². The Morgan fingerprint density at radius 2 is 2.47 bits per heavy atom. The molecule has 1 atom stereocenters. The molecule has 5 heteroatoms. The Hall–Kier alpha value is -1.49. The predicted octanol–water partition coefficient (Wildman–Crippen LogP) is 1.59. The van der Waals surface area contributed by atoms with Crippen LogP contribution in [0.3, 0.4) is 0 Å². The molecular weight excluding hydrogens is 242 g/mol. The molecule has 1 amide bonds. The average Bonchev–Trinajstić information content (AvgIpc) is 2.93. The maximum absolute atomic E-state index is 12.1. The molecule has 0 radical (unpaired) electrons. The minimum atomic E-state index is -0.0667. The van der Waals surface area contributed by atoms with Crippen molar-refractivity contribution in [2.45, 2.75) is 32.6 Å². The van der Waals surface area contributed by atoms with Crippen molar-refractivity contribution < 1.29 is 9.53 Å². The van der Waals surface area contributed by atoms with Crippen molar-refractivity contribution in [1.29, 1.82) is 0 Å². The number of carbonyl (C=O) groups is 1. The van der Waals surface area contributed by atoms with Crippen LogP contribution in [0.4, 0.5) is 0 Å². The molecule has 1 aliphatic rings. The molecule has 0 aromatic carbocycles. The lowest BCUT2D eigenvalue weighted by Gasteiger charge is -2.10. The van der Waals surface area contributed by atoms with Gasteiger partial charge in [0.05, 0.1) is 11.3 Å². The zero-order valence-corrected chi connectivity index (χ0v) is 11.4. The minimum Gasteiger partial charge on any atom is -0.381 e. The summed E-state index contributed by atoms with van der Waals surface area (Å²) in [5, 5.41) is 2.95. The molecule has 1 unspecified atom stereocenters. The van der Waals surface area contributed by atoms with Crippen molar-refractivity contribution in [3.63, 3.8) is 0 Å². The van der Waals surface area contributed by atoms with Gasteiger partial charge in [-0.05, 0) is 25.2 Å². The molecule has 19 heavy (non-hydrogen) atoms. The smallest absolute Gasteiger partial charge is 0.254 e. The van der Waals surface area contributed by atoms with Crippen LogP contribution in [0.5, 0.6) is 0 Å². The zero-order valence-electron chi connectivity index (χ0n) is 11.4. The second-order valence-corrected chi connectivity index (χ2v) is 4.91. The Balaban J connectivity index is 1.84. The summed E-state index contributed by atoms with van der Waals surface area (Å²) in [6.45, 7) is 4.44. The van der Waals surface area contributed by atoms with Gasteiger partial charge in [-0.3, -0.25) is 4.79 Å². The summed E-state index contributed by atoms with van der Waals surface area (Å²) in [6.07, 6.45) is 6.95. The molecule has 1 aromatic heterocycles. The Bertz CT molecular complexity index is 417. The van der Waals surface area contributed by atoms with Gasteiger partial charge in [0.15, 0.2) is 0 Å². The van der Waals surface area contributed by atoms with E-state index in [1.54, 1.807) is 6.20 Å². The minimum absolute atomic E-state index is 0.0667. The first-order chi connectivity index (χ1) is 9.31. The average molecular weight is 263 g/mol. The van der Waals surface area contributed by atoms with Crippen LogP contribution in [0, 0.1) is 5.92 Å². The van der Waals surface area contributed by atoms with E-state index in [-0.39, 0.29) is 5.91 Å². The number of nitrogens with zero attached hydrogens (tertiary/aromatic N) is 2. The molecule has 1 aromatic rings. The van der Waals surface area contributed by atoms with Crippen LogP contribution < -0.4 is 5.32 Å². The van der Waals surface area contributed by atoms with Gasteiger partial charge in [-0.25, -0.2) is 9.97 Å². The van der Waals surface area contributed by atoms with Gasteiger partial charge in [0.2, 0.25) is 0 Å². The molecule has 2 rings (SSSR count). The number of aromatic nitrogens is 2. The number of ether oxygens (including phenoxy) is 1. The summed E-state index contributed by atoms with van der Waals surface area (Å²) in [6, 6.07) is 0. The molecule has 0 bridgehead atoms. The highest BCUT2D eigenvalue weighted by atomic mass is 16.5. The third-order valence-corrected chi connectivity index (χ3v) is 3.39. The number of hydrogen-bond acceptors (Lipinski definition) is 4. The van der Waals surface area contributed by atoms with Crippen molar-refractivity contribution in [3.8, 4) is 0 Å². The quantitative estimate of drug-likeness (QED) is 0.846. The van der Waals surface area contributed by atoms with E-state index in [9.17, 15) is 4.79 Å². The first kappa shape index (κ1) is 13.9. The highest BCUT2D eigenvalue weighted by Crippen LogP contribution is 2.15. The molecular formula is C14H21N3O2. The molecule has 5 nitrogen and oxygen atoms in total. The lowest BCUT2D eigenvalue weighted by atomic mass is 10.1. The first-order valence-corrected chi connectivity index (χ1v) is 6.96. The number of rotatable bonds is 6. The summed E-state index contributed by atoms with van der Waals surface area (Å²) in [7, 11) is 0. The molecule has 1 N–H and O–H groups in total. The highest BCUT2D eigenvalue weighted by molar-refractivity contribution is 5.94. The third kappa shape index (κ3) is 3.99. The molecule has 1 aliphatic heterocycles. The number of amides is 1. The number of hydrogen-bond donors (Lipinski definition) is 1. The molecule has 0 aliphatic carbocycles. The van der Waals surface area contributed by atoms with Crippen molar-refractivity contribution >= 4 is 5.91 Å². The molecule has 1 fully saturated rings. The van der Waals surface area contributed by atoms with Gasteiger partial charge in [-0.15, -0.1) is 0 Å². The largest absolute Gasteiger partial charge is 0.381 e. The topological polar surface area (TPSA) is 64.1 Å². The van der Waals surface area contributed by atoms with Crippen LogP contribution in [-0.2, 0) is 11.2 Å². The van der Waals surface area contributed by atoms with E-state index in [4.69, 9.17) is 4.74 Å². The van der Waals surface area contributed by atoms with Crippen LogP contribution in [0.25, 0.3) is 0 Å². The third-order valence-electron chi connectivity index (χ3n) is 3.39. The maximum Gasteiger partial charge on any atom is 0.254 e. The summed E-state index contributed by atoms with van der Waals surface area (Å²) < 4.78 is 5.32. The lowest BCUT2D eigenvalue weighted by molar-refractivity contribution is 0.0948. The molecule has 104 valence electrons. The normalized spacial score (nSPS) is 18.5. The Morgan fingerprint density at radius 3 is 3.21 bits per heavy atom. The van der Waals surface area contributed by atoms with E-state index in [1.165, 1.54) is 6.33 Å². The van der Waals surface area contributed by atoms with Crippen LogP contribution >= 0.6 is 0 Å². The fourth-order valence-corrected chi connectivity index (χ4v) is 2.28. The Labute approximate surface area is 113 Å². The Kier molecular flexibility index (Phi) is 5.27. The number of aryl methyl sites for hydroxylation is 1. The monoisotopic (exact) mass is 263 g/mol. The summed E-state index contributed by atoms with van der Waals surface area (Å²) in [5.74, 6) is 0.519. The second-order valence-electron chi connectivity index (χ2n) is 4.91. The van der Waals surface area contributed by atoms with E-state index in [2.05, 4.69) is 22.2 Å². The summed E-state index contributed by atoms with van der Waals surface area (Å²) in [4.78, 5) is 20.2. The van der Waals surface area contributed by atoms with Crippen molar-refractivity contribution in [2.75, 3.05) is 19.8 Å². The standard InChI is InChI=1S/C14H21N3O2/c1-2-3-13-12(8-15-10-17-13)14(18)16-6-4-11-5-7-19-9-11/h8,10-11H,2-7,9H2,1H3,(H,16,18). The van der Waals surface area contributed by atoms with E-state index in [1.807, 2.05) is 0 Å². The van der Waals surface area contributed by atoms with Gasteiger partial charge in [0.25, 0.3) is 5.91 Å². The van der Waals surface area contributed by atoms with E-state index < -0.39 is 0 Å². The number of carbonyl (C=O) groups excluding carboxylic acids is 1. The van der Waals surface area contributed by atoms with Gasteiger partial charge in [0, 0.05) is 26.0 Å². The molecule has 0 saturated carbocycles. The SMILES string of the molecule is CCCc1ncncc1C(=O)NCCC1CCOC1. The molecule has 0 spiro atoms. The van der Waals surface area contributed by atoms with E-state index in [0.717, 1.165) is 44.6 Å². The van der Waals surface area contributed by atoms with Crippen molar-refractivity contribution in [3.05, 3.63) is 23.8 Å². The number of nitrogens with one attached hydrogen (secondary N) is 1. The van der Waals surface area contributed by atoms with E-state index >= 15 is 0 Å². The van der Waals surface area contributed by atoms with Gasteiger partial charge in [0.1, 0.15) is 6.33 Å². The lowest BCUT2D eigenvalue weighted by Crippen LogP contribution is -2.27. The zero-order chi connectivity index (χ0) is 13.5. The molecule has 2 heterocycles. The van der Waals surface area contributed by atoms with Crippen molar-refractivity contribution in [2.24, 2.45) is 5.92 Å². The van der Waals surface area contributed by atoms with Gasteiger partial charge in [-0.2, -0.15) is 0 Å².